The Balaban J connectivity index is 4.37. The number of allylic oxidation sites excluding steroid dienone is 1. The van der Waals surface area contributed by atoms with Crippen LogP contribution in [0.25, 0.3) is 0 Å². The third-order valence-corrected chi connectivity index (χ3v) is 8.85. The second-order valence-corrected chi connectivity index (χ2v) is 12.0. The molecule has 0 rings (SSSR count). The highest BCUT2D eigenvalue weighted by Crippen LogP contribution is 2.38. The molecule has 0 fully saturated rings. The fourth-order valence-corrected chi connectivity index (χ4v) is 3.37. The van der Waals surface area contributed by atoms with Crippen LogP contribution in [0.5, 0.6) is 0 Å². The van der Waals surface area contributed by atoms with Crippen molar-refractivity contribution in [2.24, 2.45) is 0 Å². The minimum atomic E-state index is -1.65. The van der Waals surface area contributed by atoms with E-state index in [4.69, 9.17) is 9.53 Å². The van der Waals surface area contributed by atoms with E-state index in [1.807, 2.05) is 6.08 Å². The molecule has 120 valence electrons. The van der Waals surface area contributed by atoms with Gasteiger partial charge in [-0.25, -0.2) is 0 Å². The molecule has 0 aromatic carbocycles. The zero-order chi connectivity index (χ0) is 15.6. The van der Waals surface area contributed by atoms with Gasteiger partial charge in [0.25, 0.3) is 0 Å². The highest BCUT2D eigenvalue weighted by atomic mass is 28.4. The molecule has 0 heterocycles. The van der Waals surface area contributed by atoms with Crippen LogP contribution in [0.1, 0.15) is 66.2 Å². The first kappa shape index (κ1) is 19.9. The Morgan fingerprint density at radius 2 is 1.70 bits per heavy atom. The molecule has 0 bridgehead atoms. The van der Waals surface area contributed by atoms with Gasteiger partial charge in [-0.3, -0.25) is 0 Å². The van der Waals surface area contributed by atoms with Gasteiger partial charge >= 0.3 is 0 Å². The van der Waals surface area contributed by atoms with Crippen molar-refractivity contribution < 1.29 is 9.53 Å². The molecule has 0 aliphatic carbocycles. The monoisotopic (exact) mass is 300 g/mol. The van der Waals surface area contributed by atoms with Gasteiger partial charge in [0.2, 0.25) is 0 Å². The average molecular weight is 301 g/mol. The number of aliphatic hydroxyl groups excluding tert-OH is 1. The molecular weight excluding hydrogens is 264 g/mol. The average Bonchev–Trinajstić information content (AvgIpc) is 2.33. The molecule has 2 nitrogen and oxygen atoms in total. The van der Waals surface area contributed by atoms with Gasteiger partial charge in [0, 0.05) is 6.10 Å². The van der Waals surface area contributed by atoms with E-state index in [2.05, 4.69) is 46.9 Å². The van der Waals surface area contributed by atoms with Gasteiger partial charge in [-0.1, -0.05) is 52.7 Å². The minimum Gasteiger partial charge on any atom is -0.414 e. The Morgan fingerprint density at radius 1 is 1.10 bits per heavy atom. The Hall–Kier alpha value is -0.123. The molecule has 0 saturated carbocycles. The molecule has 0 amide bonds. The van der Waals surface area contributed by atoms with Crippen molar-refractivity contribution >= 4 is 8.32 Å². The lowest BCUT2D eigenvalue weighted by atomic mass is 10.1. The summed E-state index contributed by atoms with van der Waals surface area (Å²) in [6, 6.07) is 0. The standard InChI is InChI=1S/C17H36O2Si/c1-7-8-13-16(14-11-9-10-12-15-18)19-20(5,6)17(2,3)4/h10,12,16,18H,7-9,11,13-15H2,1-6H3/t16-/m0/s1. The van der Waals surface area contributed by atoms with Gasteiger partial charge in [-0.05, 0) is 43.8 Å². The third-order valence-electron chi connectivity index (χ3n) is 4.32. The van der Waals surface area contributed by atoms with Crippen LogP contribution in [0.4, 0.5) is 0 Å². The summed E-state index contributed by atoms with van der Waals surface area (Å²) in [6.45, 7) is 14.0. The Kier molecular flexibility index (Phi) is 9.69. The number of hydrogen-bond donors (Lipinski definition) is 1. The van der Waals surface area contributed by atoms with Gasteiger partial charge < -0.3 is 9.53 Å². The topological polar surface area (TPSA) is 29.5 Å². The smallest absolute Gasteiger partial charge is 0.192 e. The van der Waals surface area contributed by atoms with Crippen LogP contribution in [-0.4, -0.2) is 26.1 Å². The van der Waals surface area contributed by atoms with E-state index in [1.54, 1.807) is 0 Å². The second kappa shape index (κ2) is 9.75. The first-order valence-corrected chi connectivity index (χ1v) is 11.1. The SMILES string of the molecule is CCCC[C@@H](CCCC=CCO)O[Si](C)(C)C(C)(C)C. The summed E-state index contributed by atoms with van der Waals surface area (Å²) in [5, 5.41) is 9.01. The first-order chi connectivity index (χ1) is 9.24. The first-order valence-electron chi connectivity index (χ1n) is 8.18. The van der Waals surface area contributed by atoms with Crippen molar-refractivity contribution in [3.05, 3.63) is 12.2 Å². The van der Waals surface area contributed by atoms with Crippen LogP contribution < -0.4 is 0 Å². The summed E-state index contributed by atoms with van der Waals surface area (Å²) in [7, 11) is -1.65. The highest BCUT2D eigenvalue weighted by Gasteiger charge is 2.38. The van der Waals surface area contributed by atoms with Crippen LogP contribution in [-0.2, 0) is 4.43 Å². The van der Waals surface area contributed by atoms with Crippen molar-refractivity contribution in [3.63, 3.8) is 0 Å². The predicted molar refractivity (Wildman–Crippen MR) is 91.7 cm³/mol. The Labute approximate surface area is 127 Å². The normalized spacial score (nSPS) is 14.9. The number of hydrogen-bond acceptors (Lipinski definition) is 2. The Morgan fingerprint density at radius 3 is 2.20 bits per heavy atom. The fourth-order valence-electron chi connectivity index (χ4n) is 1.94. The molecule has 0 unspecified atom stereocenters. The summed E-state index contributed by atoms with van der Waals surface area (Å²) in [5.74, 6) is 0. The van der Waals surface area contributed by atoms with Gasteiger partial charge in [0.15, 0.2) is 8.32 Å². The molecule has 1 atom stereocenters. The van der Waals surface area contributed by atoms with Crippen molar-refractivity contribution in [2.45, 2.75) is 90.5 Å². The summed E-state index contributed by atoms with van der Waals surface area (Å²) in [4.78, 5) is 0. The van der Waals surface area contributed by atoms with Crippen LogP contribution >= 0.6 is 0 Å². The van der Waals surface area contributed by atoms with Crippen molar-refractivity contribution in [2.75, 3.05) is 6.61 Å². The van der Waals surface area contributed by atoms with Crippen molar-refractivity contribution in [1.82, 2.24) is 0 Å². The molecule has 0 radical (unpaired) electrons. The van der Waals surface area contributed by atoms with Gasteiger partial charge in [-0.2, -0.15) is 0 Å². The summed E-state index contributed by atoms with van der Waals surface area (Å²) < 4.78 is 6.58. The van der Waals surface area contributed by atoms with E-state index in [-0.39, 0.29) is 11.6 Å². The predicted octanol–water partition coefficient (Wildman–Crippen LogP) is 5.29. The second-order valence-electron chi connectivity index (χ2n) is 7.23. The van der Waals surface area contributed by atoms with Crippen molar-refractivity contribution in [1.29, 1.82) is 0 Å². The molecule has 0 aromatic heterocycles. The lowest BCUT2D eigenvalue weighted by molar-refractivity contribution is 0.156. The minimum absolute atomic E-state index is 0.153. The quantitative estimate of drug-likeness (QED) is 0.337. The lowest BCUT2D eigenvalue weighted by Crippen LogP contribution is -2.44. The molecule has 0 aliphatic heterocycles. The maximum absolute atomic E-state index is 8.73. The Bertz CT molecular complexity index is 267. The van der Waals surface area contributed by atoms with Crippen LogP contribution in [0.3, 0.4) is 0 Å². The maximum atomic E-state index is 8.73. The van der Waals surface area contributed by atoms with Gasteiger partial charge in [0.1, 0.15) is 0 Å². The summed E-state index contributed by atoms with van der Waals surface area (Å²) in [6.07, 6.45) is 11.3. The summed E-state index contributed by atoms with van der Waals surface area (Å²) >= 11 is 0. The van der Waals surface area contributed by atoms with E-state index >= 15 is 0 Å². The number of unbranched alkanes of at least 4 members (excludes halogenated alkanes) is 2. The van der Waals surface area contributed by atoms with E-state index < -0.39 is 8.32 Å². The molecule has 1 N–H and O–H groups in total. The zero-order valence-electron chi connectivity index (χ0n) is 14.5. The van der Waals surface area contributed by atoms with Crippen molar-refractivity contribution in [3.8, 4) is 0 Å². The molecule has 20 heavy (non-hydrogen) atoms. The molecule has 0 spiro atoms. The molecule has 0 saturated heterocycles. The maximum Gasteiger partial charge on any atom is 0.192 e. The van der Waals surface area contributed by atoms with Crippen LogP contribution in [0, 0.1) is 0 Å². The molecular formula is C17H36O2Si. The molecule has 0 aromatic rings. The summed E-state index contributed by atoms with van der Waals surface area (Å²) in [5.41, 5.74) is 0. The van der Waals surface area contributed by atoms with Crippen LogP contribution in [0.2, 0.25) is 18.1 Å². The highest BCUT2D eigenvalue weighted by molar-refractivity contribution is 6.74. The lowest BCUT2D eigenvalue weighted by Gasteiger charge is -2.39. The number of aliphatic hydroxyl groups is 1. The van der Waals surface area contributed by atoms with Gasteiger partial charge in [0.05, 0.1) is 6.61 Å². The van der Waals surface area contributed by atoms with E-state index in [1.165, 1.54) is 19.3 Å². The van der Waals surface area contributed by atoms with E-state index in [0.717, 1.165) is 19.3 Å². The number of rotatable bonds is 10. The molecule has 3 heteroatoms. The molecule has 0 aliphatic rings. The van der Waals surface area contributed by atoms with E-state index in [0.29, 0.717) is 6.10 Å². The third kappa shape index (κ3) is 8.23. The fraction of sp³-hybridized carbons (Fsp3) is 0.882. The van der Waals surface area contributed by atoms with Gasteiger partial charge in [-0.15, -0.1) is 0 Å². The van der Waals surface area contributed by atoms with E-state index in [9.17, 15) is 0 Å². The largest absolute Gasteiger partial charge is 0.414 e. The van der Waals surface area contributed by atoms with Crippen LogP contribution in [0.15, 0.2) is 12.2 Å². The zero-order valence-corrected chi connectivity index (χ0v) is 15.5.